The fourth-order valence-electron chi connectivity index (χ4n) is 1.86. The van der Waals surface area contributed by atoms with Crippen LogP contribution in [0.4, 0.5) is 0 Å². The Morgan fingerprint density at radius 3 is 2.73 bits per heavy atom. The van der Waals surface area contributed by atoms with Gasteiger partial charge in [-0.1, -0.05) is 13.8 Å². The first kappa shape index (κ1) is 15.1. The SMILES string of the molecule is CCC1CN(C(CC)C(=O)O)CCS1.Cl. The molecule has 0 aromatic heterocycles. The van der Waals surface area contributed by atoms with Gasteiger partial charge in [0.15, 0.2) is 0 Å². The van der Waals surface area contributed by atoms with Gasteiger partial charge in [-0.05, 0) is 12.8 Å². The third kappa shape index (κ3) is 4.21. The molecular weight excluding hydrogens is 234 g/mol. The molecule has 0 spiro atoms. The minimum atomic E-state index is -0.672. The number of rotatable bonds is 4. The van der Waals surface area contributed by atoms with Gasteiger partial charge in [0.05, 0.1) is 0 Å². The molecular formula is C10H20ClNO2S. The van der Waals surface area contributed by atoms with Gasteiger partial charge in [0.1, 0.15) is 6.04 Å². The van der Waals surface area contributed by atoms with Gasteiger partial charge in [-0.25, -0.2) is 0 Å². The minimum Gasteiger partial charge on any atom is -0.480 e. The number of hydrogen-bond acceptors (Lipinski definition) is 3. The van der Waals surface area contributed by atoms with E-state index in [9.17, 15) is 4.79 Å². The van der Waals surface area contributed by atoms with Crippen molar-refractivity contribution in [2.75, 3.05) is 18.8 Å². The molecule has 0 aromatic rings. The second-order valence-electron chi connectivity index (χ2n) is 3.66. The van der Waals surface area contributed by atoms with E-state index in [1.54, 1.807) is 0 Å². The zero-order valence-electron chi connectivity index (χ0n) is 9.31. The molecule has 0 radical (unpaired) electrons. The van der Waals surface area contributed by atoms with Crippen LogP contribution in [0.25, 0.3) is 0 Å². The second kappa shape index (κ2) is 7.36. The van der Waals surface area contributed by atoms with Crippen molar-refractivity contribution in [3.63, 3.8) is 0 Å². The Balaban J connectivity index is 0.00000196. The zero-order valence-corrected chi connectivity index (χ0v) is 10.9. The summed E-state index contributed by atoms with van der Waals surface area (Å²) in [4.78, 5) is 13.1. The Hall–Kier alpha value is 0.0700. The highest BCUT2D eigenvalue weighted by atomic mass is 35.5. The van der Waals surface area contributed by atoms with E-state index in [4.69, 9.17) is 5.11 Å². The predicted molar refractivity (Wildman–Crippen MR) is 67.1 cm³/mol. The van der Waals surface area contributed by atoms with Crippen LogP contribution in [0.5, 0.6) is 0 Å². The van der Waals surface area contributed by atoms with Crippen LogP contribution < -0.4 is 0 Å². The van der Waals surface area contributed by atoms with Gasteiger partial charge in [-0.3, -0.25) is 9.69 Å². The summed E-state index contributed by atoms with van der Waals surface area (Å²) in [7, 11) is 0. The maximum Gasteiger partial charge on any atom is 0.320 e. The first-order valence-electron chi connectivity index (χ1n) is 5.27. The molecule has 1 rings (SSSR count). The lowest BCUT2D eigenvalue weighted by molar-refractivity contribution is -0.143. The highest BCUT2D eigenvalue weighted by Gasteiger charge is 2.28. The fraction of sp³-hybridized carbons (Fsp3) is 0.900. The molecule has 0 aromatic carbocycles. The molecule has 3 nitrogen and oxygen atoms in total. The monoisotopic (exact) mass is 253 g/mol. The third-order valence-corrected chi connectivity index (χ3v) is 4.11. The molecule has 0 saturated carbocycles. The zero-order chi connectivity index (χ0) is 10.6. The van der Waals surface area contributed by atoms with Crippen LogP contribution in [0.1, 0.15) is 26.7 Å². The van der Waals surface area contributed by atoms with Crippen LogP contribution in [0.3, 0.4) is 0 Å². The number of aliphatic carboxylic acids is 1. The molecule has 15 heavy (non-hydrogen) atoms. The minimum absolute atomic E-state index is 0. The largest absolute Gasteiger partial charge is 0.480 e. The van der Waals surface area contributed by atoms with Crippen molar-refractivity contribution in [3.8, 4) is 0 Å². The molecule has 0 amide bonds. The van der Waals surface area contributed by atoms with Crippen molar-refractivity contribution in [1.29, 1.82) is 0 Å². The van der Waals surface area contributed by atoms with E-state index in [0.717, 1.165) is 25.3 Å². The lowest BCUT2D eigenvalue weighted by Gasteiger charge is -2.35. The van der Waals surface area contributed by atoms with Crippen molar-refractivity contribution >= 4 is 30.1 Å². The van der Waals surface area contributed by atoms with Gasteiger partial charge in [-0.15, -0.1) is 12.4 Å². The summed E-state index contributed by atoms with van der Waals surface area (Å²) < 4.78 is 0. The summed E-state index contributed by atoms with van der Waals surface area (Å²) in [6.45, 7) is 5.97. The lowest BCUT2D eigenvalue weighted by atomic mass is 10.1. The highest BCUT2D eigenvalue weighted by Crippen LogP contribution is 2.23. The van der Waals surface area contributed by atoms with Gasteiger partial charge in [-0.2, -0.15) is 11.8 Å². The van der Waals surface area contributed by atoms with E-state index in [-0.39, 0.29) is 18.4 Å². The molecule has 1 fully saturated rings. The van der Waals surface area contributed by atoms with E-state index >= 15 is 0 Å². The summed E-state index contributed by atoms with van der Waals surface area (Å²) in [6.07, 6.45) is 1.84. The Kier molecular flexibility index (Phi) is 7.40. The average molecular weight is 254 g/mol. The van der Waals surface area contributed by atoms with E-state index in [2.05, 4.69) is 11.8 Å². The molecule has 2 atom stereocenters. The van der Waals surface area contributed by atoms with E-state index in [0.29, 0.717) is 11.7 Å². The fourth-order valence-corrected chi connectivity index (χ4v) is 3.07. The number of hydrogen-bond donors (Lipinski definition) is 1. The van der Waals surface area contributed by atoms with E-state index in [1.807, 2.05) is 18.7 Å². The van der Waals surface area contributed by atoms with Crippen LogP contribution in [-0.4, -0.2) is 46.1 Å². The topological polar surface area (TPSA) is 40.5 Å². The molecule has 2 unspecified atom stereocenters. The second-order valence-corrected chi connectivity index (χ2v) is 5.07. The van der Waals surface area contributed by atoms with Crippen LogP contribution in [0, 0.1) is 0 Å². The van der Waals surface area contributed by atoms with Gasteiger partial charge >= 0.3 is 5.97 Å². The summed E-state index contributed by atoms with van der Waals surface area (Å²) in [6, 6.07) is -0.273. The highest BCUT2D eigenvalue weighted by molar-refractivity contribution is 8.00. The molecule has 0 aliphatic carbocycles. The number of halogens is 1. The van der Waals surface area contributed by atoms with E-state index in [1.165, 1.54) is 0 Å². The summed E-state index contributed by atoms with van der Waals surface area (Å²) in [5.74, 6) is 0.400. The van der Waals surface area contributed by atoms with Gasteiger partial charge in [0.2, 0.25) is 0 Å². The average Bonchev–Trinajstić information content (AvgIpc) is 2.19. The Bertz CT molecular complexity index is 204. The number of thioether (sulfide) groups is 1. The Morgan fingerprint density at radius 1 is 1.60 bits per heavy atom. The lowest BCUT2D eigenvalue weighted by Crippen LogP contribution is -2.47. The molecule has 90 valence electrons. The molecule has 1 saturated heterocycles. The van der Waals surface area contributed by atoms with Gasteiger partial charge < -0.3 is 5.11 Å². The Morgan fingerprint density at radius 2 is 2.27 bits per heavy atom. The van der Waals surface area contributed by atoms with Gasteiger partial charge in [0, 0.05) is 24.1 Å². The number of carbonyl (C=O) groups is 1. The standard InChI is InChI=1S/C10H19NO2S.ClH/c1-3-8-7-11(5-6-14-8)9(4-2)10(12)13;/h8-9H,3-7H2,1-2H3,(H,12,13);1H. The van der Waals surface area contributed by atoms with Crippen molar-refractivity contribution in [1.82, 2.24) is 4.90 Å². The van der Waals surface area contributed by atoms with Crippen molar-refractivity contribution in [2.24, 2.45) is 0 Å². The molecule has 0 bridgehead atoms. The maximum atomic E-state index is 11.0. The molecule has 1 heterocycles. The third-order valence-electron chi connectivity index (χ3n) is 2.74. The van der Waals surface area contributed by atoms with Crippen LogP contribution in [0.15, 0.2) is 0 Å². The number of carboxylic acid groups (broad SMARTS) is 1. The first-order valence-corrected chi connectivity index (χ1v) is 6.32. The smallest absolute Gasteiger partial charge is 0.320 e. The number of carboxylic acids is 1. The molecule has 5 heteroatoms. The van der Waals surface area contributed by atoms with Crippen molar-refractivity contribution < 1.29 is 9.90 Å². The Labute approximate surface area is 102 Å². The van der Waals surface area contributed by atoms with Crippen LogP contribution in [0.2, 0.25) is 0 Å². The summed E-state index contributed by atoms with van der Waals surface area (Å²) in [5.41, 5.74) is 0. The van der Waals surface area contributed by atoms with Crippen molar-refractivity contribution in [2.45, 2.75) is 38.0 Å². The molecule has 1 N–H and O–H groups in total. The van der Waals surface area contributed by atoms with Crippen LogP contribution in [-0.2, 0) is 4.79 Å². The van der Waals surface area contributed by atoms with E-state index < -0.39 is 5.97 Å². The molecule has 1 aliphatic rings. The summed E-state index contributed by atoms with van der Waals surface area (Å²) in [5, 5.41) is 9.66. The maximum absolute atomic E-state index is 11.0. The summed E-state index contributed by atoms with van der Waals surface area (Å²) >= 11 is 1.97. The number of nitrogens with zero attached hydrogens (tertiary/aromatic N) is 1. The van der Waals surface area contributed by atoms with Crippen molar-refractivity contribution in [3.05, 3.63) is 0 Å². The van der Waals surface area contributed by atoms with Gasteiger partial charge in [0.25, 0.3) is 0 Å². The predicted octanol–water partition coefficient (Wildman–Crippen LogP) is 2.10. The van der Waals surface area contributed by atoms with Crippen LogP contribution >= 0.6 is 24.2 Å². The first-order chi connectivity index (χ1) is 6.69. The normalized spacial score (nSPS) is 24.3. The molecule has 1 aliphatic heterocycles. The quantitative estimate of drug-likeness (QED) is 0.833.